The first-order valence-electron chi connectivity index (χ1n) is 3.67. The molecule has 13 heavy (non-hydrogen) atoms. The van der Waals surface area contributed by atoms with Crippen molar-refractivity contribution in [1.29, 1.82) is 0 Å². The molecule has 0 N–H and O–H groups in total. The first-order valence-corrected chi connectivity index (χ1v) is 4.46. The normalized spacial score (nSPS) is 9.77. The van der Waals surface area contributed by atoms with Gasteiger partial charge in [-0.2, -0.15) is 0 Å². The fraction of sp³-hybridized carbons (Fsp3) is 0.222. The molecule has 0 spiro atoms. The summed E-state index contributed by atoms with van der Waals surface area (Å²) in [6, 6.07) is 4.33. The minimum absolute atomic E-state index is 0.0876. The van der Waals surface area contributed by atoms with Gasteiger partial charge in [-0.05, 0) is 25.1 Å². The molecule has 0 aliphatic carbocycles. The van der Waals surface area contributed by atoms with Crippen molar-refractivity contribution in [3.05, 3.63) is 28.5 Å². The van der Waals surface area contributed by atoms with Gasteiger partial charge in [-0.15, -0.1) is 0 Å². The van der Waals surface area contributed by atoms with Crippen LogP contribution < -0.4 is 4.74 Å². The lowest BCUT2D eigenvalue weighted by molar-refractivity contribution is -0.118. The van der Waals surface area contributed by atoms with E-state index in [1.54, 1.807) is 6.07 Å². The Balaban J connectivity index is 2.75. The number of rotatable bonds is 3. The van der Waals surface area contributed by atoms with Crippen molar-refractivity contribution in [2.75, 3.05) is 6.61 Å². The Kier molecular flexibility index (Phi) is 3.42. The van der Waals surface area contributed by atoms with E-state index in [9.17, 15) is 9.18 Å². The Morgan fingerprint density at radius 1 is 1.62 bits per heavy atom. The van der Waals surface area contributed by atoms with E-state index < -0.39 is 5.82 Å². The molecule has 70 valence electrons. The summed E-state index contributed by atoms with van der Waals surface area (Å²) < 4.78 is 18.6. The van der Waals surface area contributed by atoms with Crippen molar-refractivity contribution in [2.24, 2.45) is 0 Å². The summed E-state index contributed by atoms with van der Waals surface area (Å²) in [4.78, 5) is 10.6. The number of hydrogen-bond donors (Lipinski definition) is 0. The first-order chi connectivity index (χ1) is 6.09. The number of Topliss-reactive ketones (excluding diaryl/α,β-unsaturated/α-hetero) is 1. The molecule has 0 fully saturated rings. The van der Waals surface area contributed by atoms with E-state index in [0.717, 1.165) is 0 Å². The van der Waals surface area contributed by atoms with Crippen LogP contribution >= 0.6 is 15.9 Å². The molecule has 0 aliphatic heterocycles. The van der Waals surface area contributed by atoms with E-state index in [0.29, 0.717) is 4.47 Å². The average Bonchev–Trinajstić information content (AvgIpc) is 2.06. The lowest BCUT2D eigenvalue weighted by Gasteiger charge is -2.04. The van der Waals surface area contributed by atoms with E-state index in [4.69, 9.17) is 4.74 Å². The van der Waals surface area contributed by atoms with Crippen LogP contribution in [0.5, 0.6) is 5.75 Å². The van der Waals surface area contributed by atoms with E-state index >= 15 is 0 Å². The van der Waals surface area contributed by atoms with Crippen LogP contribution in [0.2, 0.25) is 0 Å². The maximum atomic E-state index is 13.0. The molecule has 0 bridgehead atoms. The van der Waals surface area contributed by atoms with Crippen molar-refractivity contribution in [3.63, 3.8) is 0 Å². The van der Waals surface area contributed by atoms with Gasteiger partial charge in [-0.25, -0.2) is 4.39 Å². The molecular weight excluding hydrogens is 239 g/mol. The van der Waals surface area contributed by atoms with Crippen molar-refractivity contribution >= 4 is 21.7 Å². The van der Waals surface area contributed by atoms with Crippen LogP contribution in [0.1, 0.15) is 6.92 Å². The molecule has 1 aromatic carbocycles. The maximum absolute atomic E-state index is 13.0. The van der Waals surface area contributed by atoms with Gasteiger partial charge in [0.15, 0.2) is 17.3 Å². The molecule has 0 saturated carbocycles. The molecule has 0 heterocycles. The third-order valence-electron chi connectivity index (χ3n) is 1.32. The lowest BCUT2D eigenvalue weighted by Crippen LogP contribution is -2.07. The van der Waals surface area contributed by atoms with Gasteiger partial charge in [-0.1, -0.05) is 15.9 Å². The third kappa shape index (κ3) is 3.14. The highest BCUT2D eigenvalue weighted by molar-refractivity contribution is 9.10. The molecule has 1 aromatic rings. The largest absolute Gasteiger partial charge is 0.483 e. The Morgan fingerprint density at radius 3 is 2.92 bits per heavy atom. The zero-order chi connectivity index (χ0) is 9.84. The zero-order valence-corrected chi connectivity index (χ0v) is 8.60. The second-order valence-electron chi connectivity index (χ2n) is 2.57. The molecular formula is C9H8BrFO2. The van der Waals surface area contributed by atoms with E-state index in [-0.39, 0.29) is 18.1 Å². The Bertz CT molecular complexity index is 325. The van der Waals surface area contributed by atoms with Crippen molar-refractivity contribution < 1.29 is 13.9 Å². The van der Waals surface area contributed by atoms with Gasteiger partial charge in [0, 0.05) is 4.47 Å². The Hall–Kier alpha value is -0.900. The number of halogens is 2. The highest BCUT2D eigenvalue weighted by Gasteiger charge is 2.04. The predicted molar refractivity (Wildman–Crippen MR) is 50.3 cm³/mol. The molecule has 0 unspecified atom stereocenters. The van der Waals surface area contributed by atoms with Crippen LogP contribution in [-0.2, 0) is 4.79 Å². The zero-order valence-electron chi connectivity index (χ0n) is 7.01. The number of ketones is 1. The molecule has 0 radical (unpaired) electrons. The maximum Gasteiger partial charge on any atom is 0.167 e. The van der Waals surface area contributed by atoms with E-state index in [1.165, 1.54) is 19.1 Å². The number of hydrogen-bond acceptors (Lipinski definition) is 2. The van der Waals surface area contributed by atoms with Crippen LogP contribution in [0, 0.1) is 5.82 Å². The monoisotopic (exact) mass is 246 g/mol. The van der Waals surface area contributed by atoms with E-state index in [1.807, 2.05) is 0 Å². The average molecular weight is 247 g/mol. The van der Waals surface area contributed by atoms with Crippen molar-refractivity contribution in [2.45, 2.75) is 6.92 Å². The predicted octanol–water partition coefficient (Wildman–Crippen LogP) is 2.56. The van der Waals surface area contributed by atoms with Gasteiger partial charge in [0.2, 0.25) is 0 Å². The van der Waals surface area contributed by atoms with Crippen molar-refractivity contribution in [1.82, 2.24) is 0 Å². The highest BCUT2D eigenvalue weighted by atomic mass is 79.9. The quantitative estimate of drug-likeness (QED) is 0.820. The van der Waals surface area contributed by atoms with Gasteiger partial charge in [0.1, 0.15) is 6.61 Å². The second kappa shape index (κ2) is 4.37. The molecule has 0 aromatic heterocycles. The van der Waals surface area contributed by atoms with Gasteiger partial charge in [-0.3, -0.25) is 4.79 Å². The van der Waals surface area contributed by atoms with Gasteiger partial charge in [0.05, 0.1) is 0 Å². The van der Waals surface area contributed by atoms with Crippen LogP contribution in [-0.4, -0.2) is 12.4 Å². The van der Waals surface area contributed by atoms with Gasteiger partial charge < -0.3 is 4.74 Å². The van der Waals surface area contributed by atoms with Crippen LogP contribution in [0.3, 0.4) is 0 Å². The van der Waals surface area contributed by atoms with Crippen LogP contribution in [0.15, 0.2) is 22.7 Å². The van der Waals surface area contributed by atoms with Crippen LogP contribution in [0.4, 0.5) is 4.39 Å². The molecule has 0 amide bonds. The first kappa shape index (κ1) is 10.2. The molecule has 1 rings (SSSR count). The lowest BCUT2D eigenvalue weighted by atomic mass is 10.3. The molecule has 2 nitrogen and oxygen atoms in total. The number of carbonyl (C=O) groups is 1. The molecule has 0 atom stereocenters. The van der Waals surface area contributed by atoms with Crippen LogP contribution in [0.25, 0.3) is 0 Å². The minimum atomic E-state index is -0.468. The minimum Gasteiger partial charge on any atom is -0.483 e. The summed E-state index contributed by atoms with van der Waals surface area (Å²) in [5, 5.41) is 0. The van der Waals surface area contributed by atoms with Crippen molar-refractivity contribution in [3.8, 4) is 5.75 Å². The van der Waals surface area contributed by atoms with Gasteiger partial charge in [0.25, 0.3) is 0 Å². The summed E-state index contributed by atoms with van der Waals surface area (Å²) in [5.41, 5.74) is 0. The molecule has 0 saturated heterocycles. The third-order valence-corrected chi connectivity index (χ3v) is 1.82. The molecule has 0 aliphatic rings. The summed E-state index contributed by atoms with van der Waals surface area (Å²) in [5.74, 6) is -0.520. The summed E-state index contributed by atoms with van der Waals surface area (Å²) in [7, 11) is 0. The SMILES string of the molecule is CC(=O)COc1cc(Br)ccc1F. The standard InChI is InChI=1S/C9H8BrFO2/c1-6(12)5-13-9-4-7(10)2-3-8(9)11/h2-4H,5H2,1H3. The highest BCUT2D eigenvalue weighted by Crippen LogP contribution is 2.21. The molecule has 4 heteroatoms. The fourth-order valence-corrected chi connectivity index (χ4v) is 1.11. The number of ether oxygens (including phenoxy) is 1. The summed E-state index contributed by atoms with van der Waals surface area (Å²) in [6.45, 7) is 1.28. The Labute approximate surface area is 83.8 Å². The fourth-order valence-electron chi connectivity index (χ4n) is 0.767. The topological polar surface area (TPSA) is 26.3 Å². The smallest absolute Gasteiger partial charge is 0.167 e. The Morgan fingerprint density at radius 2 is 2.31 bits per heavy atom. The van der Waals surface area contributed by atoms with Gasteiger partial charge >= 0.3 is 0 Å². The number of carbonyl (C=O) groups excluding carboxylic acids is 1. The van der Waals surface area contributed by atoms with E-state index in [2.05, 4.69) is 15.9 Å². The number of benzene rings is 1. The summed E-state index contributed by atoms with van der Waals surface area (Å²) >= 11 is 3.17. The summed E-state index contributed by atoms with van der Waals surface area (Å²) in [6.07, 6.45) is 0. The second-order valence-corrected chi connectivity index (χ2v) is 3.48.